The molecule has 1 aliphatic heterocycles. The molecule has 11 rings (SSSR count). The van der Waals surface area contributed by atoms with E-state index in [4.69, 9.17) is 4.74 Å². The number of benzene rings is 9. The molecular weight excluding hydrogens is 669 g/mol. The maximum atomic E-state index is 6.66. The molecule has 0 saturated carbocycles. The number of hydrogen-bond donors (Lipinski definition) is 1. The van der Waals surface area contributed by atoms with E-state index in [-0.39, 0.29) is 11.6 Å². The SMILES string of the molecule is CC1(C)c2ccccc2-c2ccc(N(c3ccc(-c4ccc5c6c(c7ccccc7c5c4)NC(c4ccccc4)O6)cc3)c3ccc4ccccc4c3)cc21. The minimum Gasteiger partial charge on any atom is -0.464 e. The van der Waals surface area contributed by atoms with E-state index in [0.717, 1.165) is 39.4 Å². The maximum Gasteiger partial charge on any atom is 0.196 e. The van der Waals surface area contributed by atoms with Gasteiger partial charge in [0, 0.05) is 38.8 Å². The van der Waals surface area contributed by atoms with Crippen LogP contribution in [0.4, 0.5) is 22.7 Å². The molecule has 3 heteroatoms. The van der Waals surface area contributed by atoms with Gasteiger partial charge in [0.2, 0.25) is 0 Å². The van der Waals surface area contributed by atoms with Crippen molar-refractivity contribution in [1.82, 2.24) is 0 Å². The molecule has 0 bridgehead atoms. The molecule has 0 fully saturated rings. The van der Waals surface area contributed by atoms with E-state index in [1.54, 1.807) is 0 Å². The molecule has 1 unspecified atom stereocenters. The van der Waals surface area contributed by atoms with Crippen molar-refractivity contribution in [3.8, 4) is 28.0 Å². The zero-order chi connectivity index (χ0) is 36.7. The highest BCUT2D eigenvalue weighted by Gasteiger charge is 2.36. The summed E-state index contributed by atoms with van der Waals surface area (Å²) in [6, 6.07) is 66.1. The molecule has 1 atom stereocenters. The molecule has 0 radical (unpaired) electrons. The third kappa shape index (κ3) is 4.97. The molecule has 9 aromatic rings. The molecule has 1 heterocycles. The first-order chi connectivity index (χ1) is 27.0. The summed E-state index contributed by atoms with van der Waals surface area (Å²) < 4.78 is 6.66. The van der Waals surface area contributed by atoms with Crippen molar-refractivity contribution < 1.29 is 4.74 Å². The lowest BCUT2D eigenvalue weighted by Crippen LogP contribution is -2.16. The maximum absolute atomic E-state index is 6.66. The van der Waals surface area contributed by atoms with Gasteiger partial charge in [0.05, 0.1) is 5.69 Å². The first kappa shape index (κ1) is 31.7. The van der Waals surface area contributed by atoms with Crippen molar-refractivity contribution in [3.63, 3.8) is 0 Å². The summed E-state index contributed by atoms with van der Waals surface area (Å²) in [4.78, 5) is 2.40. The van der Waals surface area contributed by atoms with Crippen LogP contribution in [0.5, 0.6) is 5.75 Å². The number of anilines is 4. The Morgan fingerprint density at radius 2 is 1.13 bits per heavy atom. The number of nitrogens with one attached hydrogen (secondary N) is 1. The summed E-state index contributed by atoms with van der Waals surface area (Å²) in [5, 5.41) is 10.8. The zero-order valence-corrected chi connectivity index (χ0v) is 30.8. The summed E-state index contributed by atoms with van der Waals surface area (Å²) in [7, 11) is 0. The van der Waals surface area contributed by atoms with Gasteiger partial charge in [-0.25, -0.2) is 0 Å². The van der Waals surface area contributed by atoms with Gasteiger partial charge in [-0.15, -0.1) is 0 Å². The molecule has 55 heavy (non-hydrogen) atoms. The lowest BCUT2D eigenvalue weighted by atomic mass is 9.82. The first-order valence-electron chi connectivity index (χ1n) is 19.1. The number of rotatable bonds is 5. The predicted octanol–water partition coefficient (Wildman–Crippen LogP) is 14.1. The minimum atomic E-state index is -0.227. The summed E-state index contributed by atoms with van der Waals surface area (Å²) >= 11 is 0. The molecule has 1 N–H and O–H groups in total. The number of fused-ring (bicyclic) bond motifs is 10. The van der Waals surface area contributed by atoms with Gasteiger partial charge in [0.15, 0.2) is 12.0 Å². The Hall–Kier alpha value is -6.84. The third-order valence-electron chi connectivity index (χ3n) is 11.9. The Balaban J connectivity index is 1.01. The fourth-order valence-corrected chi connectivity index (χ4v) is 9.06. The van der Waals surface area contributed by atoms with Crippen LogP contribution < -0.4 is 15.0 Å². The molecule has 262 valence electrons. The summed E-state index contributed by atoms with van der Waals surface area (Å²) in [6.45, 7) is 4.70. The van der Waals surface area contributed by atoms with E-state index in [1.807, 2.05) is 6.07 Å². The molecule has 2 aliphatic rings. The number of nitrogens with zero attached hydrogens (tertiary/aromatic N) is 1. The van der Waals surface area contributed by atoms with E-state index in [0.29, 0.717) is 0 Å². The van der Waals surface area contributed by atoms with Crippen molar-refractivity contribution >= 4 is 55.1 Å². The minimum absolute atomic E-state index is 0.0925. The highest BCUT2D eigenvalue weighted by atomic mass is 16.5. The first-order valence-corrected chi connectivity index (χ1v) is 19.1. The summed E-state index contributed by atoms with van der Waals surface area (Å²) in [5.74, 6) is 0.913. The van der Waals surface area contributed by atoms with Crippen molar-refractivity contribution in [2.45, 2.75) is 25.5 Å². The topological polar surface area (TPSA) is 24.5 Å². The smallest absolute Gasteiger partial charge is 0.196 e. The average Bonchev–Trinajstić information content (AvgIpc) is 3.79. The fraction of sp³-hybridized carbons (Fsp3) is 0.0769. The van der Waals surface area contributed by atoms with Gasteiger partial charge in [-0.05, 0) is 103 Å². The van der Waals surface area contributed by atoms with Crippen LogP contribution in [0, 0.1) is 0 Å². The molecule has 0 spiro atoms. The van der Waals surface area contributed by atoms with E-state index in [9.17, 15) is 0 Å². The van der Waals surface area contributed by atoms with Crippen LogP contribution in [0.15, 0.2) is 182 Å². The quantitative estimate of drug-likeness (QED) is 0.180. The molecule has 9 aromatic carbocycles. The third-order valence-corrected chi connectivity index (χ3v) is 11.9. The lowest BCUT2D eigenvalue weighted by molar-refractivity contribution is 0.262. The molecule has 3 nitrogen and oxygen atoms in total. The molecular formula is C52H38N2O. The Morgan fingerprint density at radius 3 is 1.98 bits per heavy atom. The average molecular weight is 707 g/mol. The molecule has 0 amide bonds. The second kappa shape index (κ2) is 12.1. The Kier molecular flexibility index (Phi) is 6.96. The van der Waals surface area contributed by atoms with Crippen molar-refractivity contribution in [3.05, 3.63) is 199 Å². The summed E-state index contributed by atoms with van der Waals surface area (Å²) in [5.41, 5.74) is 13.2. The van der Waals surface area contributed by atoms with Gasteiger partial charge < -0.3 is 15.0 Å². The second-order valence-electron chi connectivity index (χ2n) is 15.4. The van der Waals surface area contributed by atoms with Gasteiger partial charge in [-0.3, -0.25) is 0 Å². The highest BCUT2D eigenvalue weighted by Crippen LogP contribution is 2.52. The standard InChI is InChI=1S/C52H38N2O/c1-52(2)47-19-11-10-17-42(47)43-29-27-40(32-48(43)52)54(39-26-22-33-12-6-7-15-36(33)30-39)38-24-20-34(21-25-38)37-23-28-45-46(31-37)41-16-8-9-18-44(41)49-50(45)55-51(53-49)35-13-4-3-5-14-35/h3-32,51,53H,1-2H3. The van der Waals surface area contributed by atoms with Gasteiger partial charge in [0.1, 0.15) is 0 Å². The fourth-order valence-electron chi connectivity index (χ4n) is 9.06. The largest absolute Gasteiger partial charge is 0.464 e. The Morgan fingerprint density at radius 1 is 0.473 bits per heavy atom. The zero-order valence-electron chi connectivity index (χ0n) is 30.8. The molecule has 1 aliphatic carbocycles. The van der Waals surface area contributed by atoms with Crippen molar-refractivity contribution in [1.29, 1.82) is 0 Å². The number of hydrogen-bond acceptors (Lipinski definition) is 3. The van der Waals surface area contributed by atoms with E-state index < -0.39 is 0 Å². The van der Waals surface area contributed by atoms with Crippen LogP contribution in [0.2, 0.25) is 0 Å². The molecule has 0 saturated heterocycles. The van der Waals surface area contributed by atoms with Crippen molar-refractivity contribution in [2.24, 2.45) is 0 Å². The Bertz CT molecular complexity index is 2960. The lowest BCUT2D eigenvalue weighted by Gasteiger charge is -2.28. The van der Waals surface area contributed by atoms with Crippen LogP contribution in [0.3, 0.4) is 0 Å². The van der Waals surface area contributed by atoms with Gasteiger partial charge in [-0.1, -0.05) is 147 Å². The highest BCUT2D eigenvalue weighted by molar-refractivity contribution is 6.18. The number of ether oxygens (including phenoxy) is 1. The van der Waals surface area contributed by atoms with E-state index in [1.165, 1.54) is 60.3 Å². The van der Waals surface area contributed by atoms with E-state index in [2.05, 4.69) is 200 Å². The van der Waals surface area contributed by atoms with Gasteiger partial charge in [-0.2, -0.15) is 0 Å². The van der Waals surface area contributed by atoms with E-state index >= 15 is 0 Å². The second-order valence-corrected chi connectivity index (χ2v) is 15.4. The van der Waals surface area contributed by atoms with Crippen LogP contribution in [-0.4, -0.2) is 0 Å². The predicted molar refractivity (Wildman–Crippen MR) is 230 cm³/mol. The molecule has 0 aromatic heterocycles. The van der Waals surface area contributed by atoms with Crippen LogP contribution in [-0.2, 0) is 5.41 Å². The van der Waals surface area contributed by atoms with Gasteiger partial charge >= 0.3 is 0 Å². The monoisotopic (exact) mass is 706 g/mol. The summed E-state index contributed by atoms with van der Waals surface area (Å²) in [6.07, 6.45) is -0.227. The normalized spacial score (nSPS) is 15.0. The van der Waals surface area contributed by atoms with Crippen molar-refractivity contribution in [2.75, 3.05) is 10.2 Å². The van der Waals surface area contributed by atoms with Crippen LogP contribution >= 0.6 is 0 Å². The van der Waals surface area contributed by atoms with Crippen LogP contribution in [0.25, 0.3) is 54.6 Å². The van der Waals surface area contributed by atoms with Gasteiger partial charge in [0.25, 0.3) is 0 Å². The Labute approximate surface area is 321 Å². The van der Waals surface area contributed by atoms with Crippen LogP contribution in [0.1, 0.15) is 36.8 Å².